The fourth-order valence-corrected chi connectivity index (χ4v) is 4.09. The zero-order valence-corrected chi connectivity index (χ0v) is 24.9. The Bertz CT molecular complexity index is 1060. The monoisotopic (exact) mass is 682 g/mol. The molecule has 0 rings (SSSR count). The highest BCUT2D eigenvalue weighted by Crippen LogP contribution is 2.62. The highest BCUT2D eigenvalue weighted by molar-refractivity contribution is 5.79. The van der Waals surface area contributed by atoms with Crippen molar-refractivity contribution in [3.05, 3.63) is 0 Å². The SMILES string of the molecule is CCC(C)(C(=O)OCC(F)(F)C(F)(F)C(F)(F)C(F)(F)C(F)(F)C(F)(F)C(F)(F)F)C(C)(C)CC(C)(C)C(=O)OC(C)(C)C. The van der Waals surface area contributed by atoms with Gasteiger partial charge < -0.3 is 9.47 Å². The molecular weight excluding hydrogens is 649 g/mol. The van der Waals surface area contributed by atoms with Crippen molar-refractivity contribution in [1.82, 2.24) is 0 Å². The molecule has 0 aliphatic heterocycles. The average molecular weight is 683 g/mol. The van der Waals surface area contributed by atoms with Crippen LogP contribution < -0.4 is 0 Å². The molecule has 0 N–H and O–H groups in total. The van der Waals surface area contributed by atoms with Gasteiger partial charge >= 0.3 is 53.7 Å². The minimum atomic E-state index is -8.44. The van der Waals surface area contributed by atoms with Gasteiger partial charge in [-0.25, -0.2) is 0 Å². The number of carbonyl (C=O) groups is 2. The van der Waals surface area contributed by atoms with Gasteiger partial charge in [-0.3, -0.25) is 9.59 Å². The average Bonchev–Trinajstić information content (AvgIpc) is 2.78. The molecule has 19 heteroatoms. The highest BCUT2D eigenvalue weighted by atomic mass is 19.4. The predicted octanol–water partition coefficient (Wildman–Crippen LogP) is 9.10. The molecule has 0 saturated carbocycles. The molecule has 0 aromatic carbocycles. The van der Waals surface area contributed by atoms with E-state index in [1.54, 1.807) is 0 Å². The number of rotatable bonds is 13. The number of hydrogen-bond acceptors (Lipinski definition) is 4. The van der Waals surface area contributed by atoms with E-state index in [4.69, 9.17) is 4.74 Å². The molecule has 0 heterocycles. The van der Waals surface area contributed by atoms with Gasteiger partial charge in [0.1, 0.15) is 5.60 Å². The van der Waals surface area contributed by atoms with E-state index in [0.29, 0.717) is 0 Å². The number of halogens is 15. The summed E-state index contributed by atoms with van der Waals surface area (Å²) in [5, 5.41) is 0. The minimum absolute atomic E-state index is 0.298. The molecule has 0 amide bonds. The smallest absolute Gasteiger partial charge is 0.460 e. The molecule has 44 heavy (non-hydrogen) atoms. The van der Waals surface area contributed by atoms with Gasteiger partial charge in [0.05, 0.1) is 10.8 Å². The van der Waals surface area contributed by atoms with E-state index < -0.39 is 82.1 Å². The molecule has 4 nitrogen and oxygen atoms in total. The summed E-state index contributed by atoms with van der Waals surface area (Å²) in [4.78, 5) is 25.5. The Kier molecular flexibility index (Phi) is 11.0. The van der Waals surface area contributed by atoms with E-state index in [2.05, 4.69) is 4.74 Å². The van der Waals surface area contributed by atoms with Crippen molar-refractivity contribution in [2.75, 3.05) is 6.61 Å². The Morgan fingerprint density at radius 3 is 1.25 bits per heavy atom. The molecule has 0 aromatic heterocycles. The topological polar surface area (TPSA) is 52.6 Å². The summed E-state index contributed by atoms with van der Waals surface area (Å²) < 4.78 is 211. The molecule has 0 fully saturated rings. The first-order valence-corrected chi connectivity index (χ1v) is 12.5. The van der Waals surface area contributed by atoms with E-state index in [-0.39, 0.29) is 12.8 Å². The Hall–Kier alpha value is -2.11. The molecule has 0 aliphatic carbocycles. The maximum absolute atomic E-state index is 14.3. The zero-order valence-electron chi connectivity index (χ0n) is 24.9. The van der Waals surface area contributed by atoms with Gasteiger partial charge in [0, 0.05) is 0 Å². The third-order valence-electron chi connectivity index (χ3n) is 7.26. The number of alkyl halides is 15. The molecule has 0 aliphatic rings. The van der Waals surface area contributed by atoms with Crippen LogP contribution in [-0.4, -0.2) is 65.9 Å². The summed E-state index contributed by atoms with van der Waals surface area (Å²) in [5.74, 6) is -50.4. The molecular formula is C25H33F15O4. The van der Waals surface area contributed by atoms with Crippen molar-refractivity contribution >= 4 is 11.9 Å². The lowest BCUT2D eigenvalue weighted by atomic mass is 9.59. The van der Waals surface area contributed by atoms with Gasteiger partial charge in [-0.15, -0.1) is 0 Å². The first-order chi connectivity index (χ1) is 18.8. The molecule has 0 aromatic rings. The van der Waals surface area contributed by atoms with E-state index in [0.717, 1.165) is 6.92 Å². The summed E-state index contributed by atoms with van der Waals surface area (Å²) in [7, 11) is 0. The van der Waals surface area contributed by atoms with Gasteiger partial charge in [-0.1, -0.05) is 20.8 Å². The lowest BCUT2D eigenvalue weighted by molar-refractivity contribution is -0.453. The lowest BCUT2D eigenvalue weighted by Gasteiger charge is -2.45. The molecule has 0 saturated heterocycles. The Morgan fingerprint density at radius 2 is 0.909 bits per heavy atom. The third-order valence-corrected chi connectivity index (χ3v) is 7.26. The van der Waals surface area contributed by atoms with Gasteiger partial charge in [-0.05, 0) is 59.8 Å². The largest absolute Gasteiger partial charge is 0.460 e. The number of carbonyl (C=O) groups excluding carboxylic acids is 2. The Balaban J connectivity index is 6.39. The molecule has 0 bridgehead atoms. The predicted molar refractivity (Wildman–Crippen MR) is 123 cm³/mol. The van der Waals surface area contributed by atoms with Crippen LogP contribution in [0.5, 0.6) is 0 Å². The summed E-state index contributed by atoms with van der Waals surface area (Å²) in [6, 6.07) is 0. The Morgan fingerprint density at radius 1 is 0.545 bits per heavy atom. The minimum Gasteiger partial charge on any atom is -0.460 e. The second-order valence-corrected chi connectivity index (χ2v) is 12.8. The van der Waals surface area contributed by atoms with Crippen LogP contribution in [-0.2, 0) is 19.1 Å². The number of hydrogen-bond donors (Lipinski definition) is 0. The van der Waals surface area contributed by atoms with Crippen LogP contribution in [0, 0.1) is 16.2 Å². The second kappa shape index (κ2) is 11.6. The van der Waals surface area contributed by atoms with Gasteiger partial charge in [0.2, 0.25) is 0 Å². The van der Waals surface area contributed by atoms with Crippen LogP contribution >= 0.6 is 0 Å². The maximum atomic E-state index is 14.3. The van der Waals surface area contributed by atoms with E-state index in [1.807, 2.05) is 0 Å². The first-order valence-electron chi connectivity index (χ1n) is 12.5. The lowest BCUT2D eigenvalue weighted by Crippen LogP contribution is -2.73. The summed E-state index contributed by atoms with van der Waals surface area (Å²) in [6.07, 6.45) is -8.38. The zero-order chi connectivity index (χ0) is 36.2. The molecule has 0 radical (unpaired) electrons. The molecule has 1 unspecified atom stereocenters. The van der Waals surface area contributed by atoms with Crippen LogP contribution in [0.3, 0.4) is 0 Å². The van der Waals surface area contributed by atoms with E-state index in [9.17, 15) is 75.4 Å². The van der Waals surface area contributed by atoms with Crippen molar-refractivity contribution in [3.63, 3.8) is 0 Å². The van der Waals surface area contributed by atoms with Crippen LogP contribution in [0.15, 0.2) is 0 Å². The quantitative estimate of drug-likeness (QED) is 0.144. The molecule has 0 spiro atoms. The number of ether oxygens (including phenoxy) is 2. The van der Waals surface area contributed by atoms with E-state index in [1.165, 1.54) is 55.4 Å². The second-order valence-electron chi connectivity index (χ2n) is 12.8. The van der Waals surface area contributed by atoms with Gasteiger partial charge in [0.15, 0.2) is 6.61 Å². The summed E-state index contributed by atoms with van der Waals surface area (Å²) >= 11 is 0. The normalized spacial score (nSPS) is 16.8. The third kappa shape index (κ3) is 6.99. The number of esters is 2. The maximum Gasteiger partial charge on any atom is 0.460 e. The van der Waals surface area contributed by atoms with Crippen LogP contribution in [0.25, 0.3) is 0 Å². The van der Waals surface area contributed by atoms with Crippen molar-refractivity contribution in [3.8, 4) is 0 Å². The van der Waals surface area contributed by atoms with Crippen molar-refractivity contribution in [1.29, 1.82) is 0 Å². The fraction of sp³-hybridized carbons (Fsp3) is 0.920. The van der Waals surface area contributed by atoms with Gasteiger partial charge in [0.25, 0.3) is 0 Å². The molecule has 262 valence electrons. The van der Waals surface area contributed by atoms with Crippen LogP contribution in [0.2, 0.25) is 0 Å². The van der Waals surface area contributed by atoms with Crippen molar-refractivity contribution < 1.29 is 84.9 Å². The van der Waals surface area contributed by atoms with E-state index >= 15 is 0 Å². The van der Waals surface area contributed by atoms with Gasteiger partial charge in [-0.2, -0.15) is 65.9 Å². The van der Waals surface area contributed by atoms with Crippen molar-refractivity contribution in [2.24, 2.45) is 16.2 Å². The fourth-order valence-electron chi connectivity index (χ4n) is 4.09. The molecule has 1 atom stereocenters. The summed E-state index contributed by atoms with van der Waals surface area (Å²) in [6.45, 7) is 8.90. The van der Waals surface area contributed by atoms with Crippen LogP contribution in [0.1, 0.15) is 75.2 Å². The Labute approximate surface area is 243 Å². The summed E-state index contributed by atoms with van der Waals surface area (Å²) in [5.41, 5.74) is -5.93. The first kappa shape index (κ1) is 41.9. The van der Waals surface area contributed by atoms with Crippen LogP contribution in [0.4, 0.5) is 65.9 Å². The standard InChI is InChI=1S/C25H33F15O4/c1-10-18(9,17(7,8)11-16(5,6)13(41)44-15(2,3)4)14(42)43-12-19(26,27)20(28,29)21(30,31)22(32,33)23(34,35)24(36,37)25(38,39)40/h10-12H2,1-9H3. The highest BCUT2D eigenvalue weighted by Gasteiger charge is 2.93. The van der Waals surface area contributed by atoms with Crippen molar-refractivity contribution in [2.45, 2.75) is 122 Å².